The molecule has 0 saturated heterocycles. The number of halogens is 1. The van der Waals surface area contributed by atoms with E-state index in [1.165, 1.54) is 12.1 Å². The molecule has 0 heterocycles. The van der Waals surface area contributed by atoms with E-state index in [1.807, 2.05) is 0 Å². The Morgan fingerprint density at radius 1 is 1.40 bits per heavy atom. The van der Waals surface area contributed by atoms with Crippen molar-refractivity contribution in [3.05, 3.63) is 35.1 Å². The van der Waals surface area contributed by atoms with Crippen molar-refractivity contribution in [1.82, 2.24) is 5.32 Å². The van der Waals surface area contributed by atoms with Crippen molar-refractivity contribution in [3.8, 4) is 0 Å². The van der Waals surface area contributed by atoms with Gasteiger partial charge in [0.1, 0.15) is 12.4 Å². The Balaban J connectivity index is 2.77. The average Bonchev–Trinajstić information content (AvgIpc) is 2.12. The molecule has 2 N–H and O–H groups in total. The highest BCUT2D eigenvalue weighted by atomic mass is 18.2. The first-order chi connectivity index (χ1) is 6.99. The van der Waals surface area contributed by atoms with Gasteiger partial charge in [-0.1, -0.05) is 0 Å². The first-order valence-corrected chi connectivity index (χ1v) is 4.26. The van der Waals surface area contributed by atoms with Crippen LogP contribution < -0.4 is 5.32 Å². The lowest BCUT2D eigenvalue weighted by atomic mass is 10.1. The predicted molar refractivity (Wildman–Crippen MR) is 51.1 cm³/mol. The van der Waals surface area contributed by atoms with Crippen LogP contribution in [-0.2, 0) is 4.79 Å². The van der Waals surface area contributed by atoms with Gasteiger partial charge in [0.05, 0.1) is 0 Å². The number of carbonyl (C=O) groups excluding carboxylic acids is 1. The van der Waals surface area contributed by atoms with Crippen molar-refractivity contribution in [3.63, 3.8) is 0 Å². The number of rotatable bonds is 3. The Morgan fingerprint density at radius 2 is 2.07 bits per heavy atom. The van der Waals surface area contributed by atoms with Gasteiger partial charge in [0, 0.05) is 5.56 Å². The quantitative estimate of drug-likeness (QED) is 0.780. The summed E-state index contributed by atoms with van der Waals surface area (Å²) in [5.74, 6) is -2.26. The molecule has 0 bridgehead atoms. The first kappa shape index (κ1) is 11.2. The van der Waals surface area contributed by atoms with Crippen LogP contribution in [-0.4, -0.2) is 23.5 Å². The molecule has 0 aliphatic heterocycles. The summed E-state index contributed by atoms with van der Waals surface area (Å²) in [6, 6.07) is 3.83. The normalized spacial score (nSPS) is 9.73. The summed E-state index contributed by atoms with van der Waals surface area (Å²) in [5.41, 5.74) is 0.726. The fourth-order valence-corrected chi connectivity index (χ4v) is 1.13. The second-order valence-electron chi connectivity index (χ2n) is 3.09. The molecule has 0 aliphatic carbocycles. The van der Waals surface area contributed by atoms with E-state index in [-0.39, 0.29) is 5.56 Å². The molecule has 1 amide bonds. The molecule has 0 spiro atoms. The van der Waals surface area contributed by atoms with E-state index < -0.39 is 24.2 Å². The number of carboxylic acid groups (broad SMARTS) is 1. The molecular weight excluding hydrogens is 200 g/mol. The third-order valence-electron chi connectivity index (χ3n) is 1.70. The highest BCUT2D eigenvalue weighted by molar-refractivity contribution is 5.95. The predicted octanol–water partition coefficient (Wildman–Crippen LogP) is 0.949. The zero-order chi connectivity index (χ0) is 11.4. The highest BCUT2D eigenvalue weighted by Crippen LogP contribution is 2.07. The van der Waals surface area contributed by atoms with Crippen molar-refractivity contribution in [2.75, 3.05) is 6.54 Å². The van der Waals surface area contributed by atoms with Gasteiger partial charge in [-0.25, -0.2) is 4.39 Å². The molecule has 1 aromatic carbocycles. The molecule has 0 unspecified atom stereocenters. The minimum absolute atomic E-state index is 0.119. The van der Waals surface area contributed by atoms with Crippen molar-refractivity contribution >= 4 is 11.9 Å². The van der Waals surface area contributed by atoms with Crippen molar-refractivity contribution in [2.24, 2.45) is 0 Å². The lowest BCUT2D eigenvalue weighted by molar-refractivity contribution is -0.135. The number of nitrogens with one attached hydrogen (secondary N) is 1. The van der Waals surface area contributed by atoms with E-state index in [0.717, 1.165) is 6.07 Å². The number of aryl methyl sites for hydroxylation is 1. The summed E-state index contributed by atoms with van der Waals surface area (Å²) in [6.45, 7) is 1.17. The maximum atomic E-state index is 12.9. The lowest BCUT2D eigenvalue weighted by Gasteiger charge is -2.03. The number of hydrogen-bond donors (Lipinski definition) is 2. The topological polar surface area (TPSA) is 66.4 Å². The van der Waals surface area contributed by atoms with E-state index in [4.69, 9.17) is 5.11 Å². The number of benzene rings is 1. The van der Waals surface area contributed by atoms with Crippen LogP contribution in [0.4, 0.5) is 4.39 Å². The van der Waals surface area contributed by atoms with E-state index >= 15 is 0 Å². The molecule has 80 valence electrons. The van der Waals surface area contributed by atoms with Crippen LogP contribution in [0.25, 0.3) is 0 Å². The van der Waals surface area contributed by atoms with Crippen LogP contribution in [0.15, 0.2) is 18.2 Å². The number of aliphatic carboxylic acids is 1. The molecule has 0 atom stereocenters. The summed E-state index contributed by atoms with van der Waals surface area (Å²) in [7, 11) is 0. The Hall–Kier alpha value is -1.91. The van der Waals surface area contributed by atoms with Crippen molar-refractivity contribution in [1.29, 1.82) is 0 Å². The monoisotopic (exact) mass is 210 g/mol. The van der Waals surface area contributed by atoms with Gasteiger partial charge in [-0.2, -0.15) is 0 Å². The van der Waals surface area contributed by atoms with E-state index in [1.54, 1.807) is 6.92 Å². The second kappa shape index (κ2) is 4.54. The Morgan fingerprint density at radius 3 is 2.60 bits per heavy atom. The summed E-state index contributed by atoms with van der Waals surface area (Å²) in [6.07, 6.45) is 0. The summed E-state index contributed by atoms with van der Waals surface area (Å²) in [5, 5.41) is 10.5. The molecule has 1 aromatic rings. The molecule has 5 heteroatoms. The lowest BCUT2D eigenvalue weighted by Crippen LogP contribution is -2.29. The molecule has 0 aliphatic rings. The largest absolute Gasteiger partial charge is 0.480 e. The van der Waals surface area contributed by atoms with E-state index in [0.29, 0.717) is 5.56 Å². The fraction of sp³-hybridized carbons (Fsp3) is 0.200. The minimum Gasteiger partial charge on any atom is -0.480 e. The minimum atomic E-state index is -1.14. The molecule has 0 saturated carbocycles. The van der Waals surface area contributed by atoms with Crippen LogP contribution >= 0.6 is 0 Å². The van der Waals surface area contributed by atoms with Gasteiger partial charge in [0.25, 0.3) is 5.91 Å². The van der Waals surface area contributed by atoms with E-state index in [9.17, 15) is 14.0 Å². The molecule has 0 aromatic heterocycles. The summed E-state index contributed by atoms with van der Waals surface area (Å²) >= 11 is 0. The van der Waals surface area contributed by atoms with Gasteiger partial charge < -0.3 is 10.4 Å². The maximum Gasteiger partial charge on any atom is 0.322 e. The smallest absolute Gasteiger partial charge is 0.322 e. The molecular formula is C10H10FNO3. The Bertz CT molecular complexity index is 383. The van der Waals surface area contributed by atoms with Gasteiger partial charge in [-0.15, -0.1) is 0 Å². The molecule has 0 fully saturated rings. The summed E-state index contributed by atoms with van der Waals surface area (Å²) in [4.78, 5) is 21.5. The molecule has 4 nitrogen and oxygen atoms in total. The zero-order valence-corrected chi connectivity index (χ0v) is 8.08. The zero-order valence-electron chi connectivity index (χ0n) is 8.08. The standard InChI is InChI=1S/C10H10FNO3/c1-6-2-7(4-8(11)3-6)10(15)12-5-9(13)14/h2-4H,5H2,1H3,(H,12,15)(H,13,14)/i11-1. The van der Waals surface area contributed by atoms with E-state index in [2.05, 4.69) is 5.32 Å². The Labute approximate surface area is 85.7 Å². The molecule has 15 heavy (non-hydrogen) atoms. The number of hydrogen-bond acceptors (Lipinski definition) is 2. The Kier molecular flexibility index (Phi) is 3.38. The maximum absolute atomic E-state index is 12.9. The van der Waals surface area contributed by atoms with Gasteiger partial charge in [0.15, 0.2) is 0 Å². The number of carbonyl (C=O) groups is 2. The third-order valence-corrected chi connectivity index (χ3v) is 1.70. The SMILES string of the molecule is Cc1cc([18F])cc(C(=O)NCC(=O)O)c1. The number of amides is 1. The van der Waals surface area contributed by atoms with Gasteiger partial charge in [-0.05, 0) is 30.7 Å². The van der Waals surface area contributed by atoms with Crippen LogP contribution in [0.5, 0.6) is 0 Å². The van der Waals surface area contributed by atoms with Crippen LogP contribution in [0, 0.1) is 12.7 Å². The van der Waals surface area contributed by atoms with Crippen LogP contribution in [0.3, 0.4) is 0 Å². The summed E-state index contributed by atoms with van der Waals surface area (Å²) < 4.78 is 12.9. The third kappa shape index (κ3) is 3.38. The van der Waals surface area contributed by atoms with Crippen LogP contribution in [0.1, 0.15) is 15.9 Å². The van der Waals surface area contributed by atoms with Gasteiger partial charge in [-0.3, -0.25) is 9.59 Å². The van der Waals surface area contributed by atoms with Crippen LogP contribution in [0.2, 0.25) is 0 Å². The van der Waals surface area contributed by atoms with Gasteiger partial charge >= 0.3 is 5.97 Å². The molecule has 1 rings (SSSR count). The average molecular weight is 210 g/mol. The highest BCUT2D eigenvalue weighted by Gasteiger charge is 2.08. The van der Waals surface area contributed by atoms with Crippen molar-refractivity contribution < 1.29 is 19.1 Å². The first-order valence-electron chi connectivity index (χ1n) is 4.26. The fourth-order valence-electron chi connectivity index (χ4n) is 1.13. The number of carboxylic acids is 1. The van der Waals surface area contributed by atoms with Crippen molar-refractivity contribution in [2.45, 2.75) is 6.92 Å². The molecule has 0 radical (unpaired) electrons. The van der Waals surface area contributed by atoms with Gasteiger partial charge in [0.2, 0.25) is 0 Å². The second-order valence-corrected chi connectivity index (χ2v) is 3.09.